The lowest BCUT2D eigenvalue weighted by Crippen LogP contribution is -2.50. The molecule has 0 atom stereocenters. The third-order valence-electron chi connectivity index (χ3n) is 5.55. The van der Waals surface area contributed by atoms with E-state index in [-0.39, 0.29) is 41.0 Å². The molecule has 0 bridgehead atoms. The van der Waals surface area contributed by atoms with Crippen molar-refractivity contribution < 1.29 is 27.5 Å². The Bertz CT molecular complexity index is 830. The van der Waals surface area contributed by atoms with Gasteiger partial charge in [-0.15, -0.1) is 0 Å². The van der Waals surface area contributed by atoms with Crippen molar-refractivity contribution in [1.29, 1.82) is 0 Å². The van der Waals surface area contributed by atoms with Gasteiger partial charge >= 0.3 is 5.97 Å². The summed E-state index contributed by atoms with van der Waals surface area (Å²) < 4.78 is 32.5. The predicted molar refractivity (Wildman–Crippen MR) is 97.1 cm³/mol. The van der Waals surface area contributed by atoms with Crippen molar-refractivity contribution in [3.8, 4) is 0 Å². The van der Waals surface area contributed by atoms with Gasteiger partial charge in [0.25, 0.3) is 0 Å². The fourth-order valence-electron chi connectivity index (χ4n) is 4.12. The summed E-state index contributed by atoms with van der Waals surface area (Å²) in [5.74, 6) is -0.642. The summed E-state index contributed by atoms with van der Waals surface area (Å²) in [5, 5.41) is 9.38. The van der Waals surface area contributed by atoms with Gasteiger partial charge in [-0.1, -0.05) is 12.8 Å². The molecule has 8 nitrogen and oxygen atoms in total. The van der Waals surface area contributed by atoms with Gasteiger partial charge in [-0.05, 0) is 32.6 Å². The van der Waals surface area contributed by atoms with E-state index in [2.05, 4.69) is 0 Å². The van der Waals surface area contributed by atoms with E-state index >= 15 is 0 Å². The Hall–Kier alpha value is -1.87. The topological polar surface area (TPSA) is 108 Å². The SMILES string of the molecule is Cc1oc(C)c(S(=O)(=O)N2CCN(C(=O)CC3CCCC3)CC2)c1C(=O)O. The first kappa shape index (κ1) is 19.9. The number of sulfonamides is 1. The van der Waals surface area contributed by atoms with Crippen LogP contribution in [0.3, 0.4) is 0 Å². The van der Waals surface area contributed by atoms with E-state index in [0.29, 0.717) is 25.4 Å². The molecule has 1 aliphatic heterocycles. The fraction of sp³-hybridized carbons (Fsp3) is 0.667. The number of amides is 1. The van der Waals surface area contributed by atoms with Crippen molar-refractivity contribution in [3.05, 3.63) is 17.1 Å². The van der Waals surface area contributed by atoms with Gasteiger partial charge in [0.2, 0.25) is 15.9 Å². The lowest BCUT2D eigenvalue weighted by molar-refractivity contribution is -0.133. The van der Waals surface area contributed by atoms with Gasteiger partial charge in [-0.25, -0.2) is 13.2 Å². The Morgan fingerprint density at radius 1 is 1.07 bits per heavy atom. The van der Waals surface area contributed by atoms with E-state index in [9.17, 15) is 23.1 Å². The molecule has 9 heteroatoms. The normalized spacial score (nSPS) is 19.6. The van der Waals surface area contributed by atoms with Crippen LogP contribution in [0.15, 0.2) is 9.31 Å². The van der Waals surface area contributed by atoms with Crippen molar-refractivity contribution in [2.24, 2.45) is 5.92 Å². The van der Waals surface area contributed by atoms with E-state index < -0.39 is 16.0 Å². The number of furan rings is 1. The molecule has 1 aromatic rings. The summed E-state index contributed by atoms with van der Waals surface area (Å²) in [5.41, 5.74) is -0.313. The van der Waals surface area contributed by atoms with Crippen LogP contribution < -0.4 is 0 Å². The number of aryl methyl sites for hydroxylation is 2. The van der Waals surface area contributed by atoms with Crippen molar-refractivity contribution in [1.82, 2.24) is 9.21 Å². The molecule has 2 fully saturated rings. The van der Waals surface area contributed by atoms with Crippen molar-refractivity contribution in [3.63, 3.8) is 0 Å². The zero-order chi connectivity index (χ0) is 19.8. The number of carbonyl (C=O) groups excluding carboxylic acids is 1. The molecule has 1 aromatic heterocycles. The first-order valence-corrected chi connectivity index (χ1v) is 10.8. The number of carboxylic acids is 1. The van der Waals surface area contributed by atoms with Gasteiger partial charge in [0, 0.05) is 32.6 Å². The van der Waals surface area contributed by atoms with Gasteiger partial charge in [0.1, 0.15) is 22.0 Å². The summed E-state index contributed by atoms with van der Waals surface area (Å²) in [7, 11) is -4.00. The number of piperazine rings is 1. The summed E-state index contributed by atoms with van der Waals surface area (Å²) in [6, 6.07) is 0. The third-order valence-corrected chi connectivity index (χ3v) is 7.60. The molecule has 2 aliphatic rings. The van der Waals surface area contributed by atoms with Gasteiger partial charge < -0.3 is 14.4 Å². The minimum absolute atomic E-state index is 0.0731. The highest BCUT2D eigenvalue weighted by Crippen LogP contribution is 2.31. The second-order valence-corrected chi connectivity index (χ2v) is 9.24. The molecule has 1 aliphatic carbocycles. The zero-order valence-corrected chi connectivity index (χ0v) is 16.5. The van der Waals surface area contributed by atoms with Crippen molar-refractivity contribution in [2.45, 2.75) is 50.8 Å². The third kappa shape index (κ3) is 3.89. The number of rotatable bonds is 5. The Balaban J connectivity index is 1.70. The highest BCUT2D eigenvalue weighted by Gasteiger charge is 2.37. The number of carboxylic acid groups (broad SMARTS) is 1. The Morgan fingerprint density at radius 2 is 1.67 bits per heavy atom. The molecular formula is C18H26N2O6S. The minimum atomic E-state index is -4.00. The Labute approximate surface area is 159 Å². The number of hydrogen-bond donors (Lipinski definition) is 1. The summed E-state index contributed by atoms with van der Waals surface area (Å²) in [6.07, 6.45) is 5.09. The number of hydrogen-bond acceptors (Lipinski definition) is 5. The Morgan fingerprint density at radius 3 is 2.22 bits per heavy atom. The zero-order valence-electron chi connectivity index (χ0n) is 15.7. The molecule has 0 unspecified atom stereocenters. The lowest BCUT2D eigenvalue weighted by atomic mass is 10.0. The lowest BCUT2D eigenvalue weighted by Gasteiger charge is -2.34. The molecule has 27 heavy (non-hydrogen) atoms. The van der Waals surface area contributed by atoms with Crippen LogP contribution in [0.4, 0.5) is 0 Å². The molecule has 150 valence electrons. The number of aromatic carboxylic acids is 1. The van der Waals surface area contributed by atoms with Crippen LogP contribution in [0.5, 0.6) is 0 Å². The predicted octanol–water partition coefficient (Wildman–Crippen LogP) is 2.01. The molecule has 1 saturated heterocycles. The van der Waals surface area contributed by atoms with Crippen LogP contribution in [0.25, 0.3) is 0 Å². The maximum Gasteiger partial charge on any atom is 0.340 e. The van der Waals surface area contributed by atoms with E-state index in [1.807, 2.05) is 0 Å². The van der Waals surface area contributed by atoms with Gasteiger partial charge in [-0.3, -0.25) is 4.79 Å². The molecule has 1 amide bonds. The maximum atomic E-state index is 13.0. The molecule has 0 spiro atoms. The van der Waals surface area contributed by atoms with Gasteiger partial charge in [0.15, 0.2) is 0 Å². The fourth-order valence-corrected chi connectivity index (χ4v) is 5.91. The first-order valence-electron chi connectivity index (χ1n) is 9.33. The Kier molecular flexibility index (Phi) is 5.62. The van der Waals surface area contributed by atoms with Crippen LogP contribution in [0.1, 0.15) is 54.0 Å². The van der Waals surface area contributed by atoms with Crippen LogP contribution in [-0.2, 0) is 14.8 Å². The van der Waals surface area contributed by atoms with Crippen LogP contribution in [-0.4, -0.2) is 60.8 Å². The van der Waals surface area contributed by atoms with Crippen LogP contribution in [0, 0.1) is 19.8 Å². The van der Waals surface area contributed by atoms with E-state index in [1.165, 1.54) is 31.0 Å². The molecular weight excluding hydrogens is 372 g/mol. The average molecular weight is 398 g/mol. The van der Waals surface area contributed by atoms with Crippen molar-refractivity contribution >= 4 is 21.9 Å². The molecule has 1 saturated carbocycles. The van der Waals surface area contributed by atoms with Crippen LogP contribution in [0.2, 0.25) is 0 Å². The highest BCUT2D eigenvalue weighted by molar-refractivity contribution is 7.89. The molecule has 2 heterocycles. The standard InChI is InChI=1S/C18H26N2O6S/c1-12-16(18(22)23)17(13(2)26-12)27(24,25)20-9-7-19(8-10-20)15(21)11-14-5-3-4-6-14/h14H,3-11H2,1-2H3,(H,22,23). The summed E-state index contributed by atoms with van der Waals surface area (Å²) in [4.78, 5) is 25.4. The van der Waals surface area contributed by atoms with E-state index in [0.717, 1.165) is 12.8 Å². The number of carbonyl (C=O) groups is 2. The summed E-state index contributed by atoms with van der Waals surface area (Å²) >= 11 is 0. The molecule has 0 radical (unpaired) electrons. The maximum absolute atomic E-state index is 13.0. The largest absolute Gasteiger partial charge is 0.478 e. The van der Waals surface area contributed by atoms with E-state index in [1.54, 1.807) is 4.90 Å². The van der Waals surface area contributed by atoms with Gasteiger partial charge in [-0.2, -0.15) is 4.31 Å². The first-order chi connectivity index (χ1) is 12.7. The summed E-state index contributed by atoms with van der Waals surface area (Å²) in [6.45, 7) is 3.85. The van der Waals surface area contributed by atoms with Crippen molar-refractivity contribution in [2.75, 3.05) is 26.2 Å². The minimum Gasteiger partial charge on any atom is -0.478 e. The van der Waals surface area contributed by atoms with E-state index in [4.69, 9.17) is 4.42 Å². The van der Waals surface area contributed by atoms with Crippen LogP contribution >= 0.6 is 0 Å². The monoisotopic (exact) mass is 398 g/mol. The molecule has 3 rings (SSSR count). The second-order valence-electron chi connectivity index (χ2n) is 7.36. The highest BCUT2D eigenvalue weighted by atomic mass is 32.2. The van der Waals surface area contributed by atoms with Gasteiger partial charge in [0.05, 0.1) is 0 Å². The quantitative estimate of drug-likeness (QED) is 0.813. The second kappa shape index (κ2) is 7.63. The number of nitrogens with zero attached hydrogens (tertiary/aromatic N) is 2. The molecule has 1 N–H and O–H groups in total. The average Bonchev–Trinajstić information content (AvgIpc) is 3.22. The molecule has 0 aromatic carbocycles. The smallest absolute Gasteiger partial charge is 0.340 e.